The second kappa shape index (κ2) is 5.26. The lowest BCUT2D eigenvalue weighted by atomic mass is 10.1. The molecule has 0 atom stereocenters. The van der Waals surface area contributed by atoms with Gasteiger partial charge in [-0.3, -0.25) is 9.89 Å². The molecular weight excluding hydrogens is 307 g/mol. The van der Waals surface area contributed by atoms with Gasteiger partial charge in [-0.05, 0) is 23.6 Å². The molecule has 0 bridgehead atoms. The smallest absolute Gasteiger partial charge is 0.296 e. The fourth-order valence-electron chi connectivity index (χ4n) is 2.37. The molecule has 1 N–H and O–H groups in total. The first-order valence-corrected chi connectivity index (χ1v) is 7.06. The number of rotatable bonds is 2. The number of aromatic amines is 1. The van der Waals surface area contributed by atoms with Crippen molar-refractivity contribution in [3.05, 3.63) is 58.1 Å². The Kier molecular flexibility index (Phi) is 3.50. The maximum Gasteiger partial charge on any atom is 0.416 e. The van der Waals surface area contributed by atoms with Crippen molar-refractivity contribution in [1.82, 2.24) is 14.6 Å². The van der Waals surface area contributed by atoms with Crippen molar-refractivity contribution in [2.24, 2.45) is 0 Å². The zero-order valence-corrected chi connectivity index (χ0v) is 12.5. The number of alkyl halides is 3. The van der Waals surface area contributed by atoms with Gasteiger partial charge in [0.1, 0.15) is 0 Å². The number of aromatic nitrogens is 3. The van der Waals surface area contributed by atoms with E-state index in [0.29, 0.717) is 22.5 Å². The van der Waals surface area contributed by atoms with Crippen LogP contribution in [0.5, 0.6) is 0 Å². The zero-order chi connectivity index (χ0) is 16.8. The van der Waals surface area contributed by atoms with Crippen LogP contribution >= 0.6 is 0 Å². The Labute approximate surface area is 129 Å². The van der Waals surface area contributed by atoms with Crippen molar-refractivity contribution in [3.63, 3.8) is 0 Å². The van der Waals surface area contributed by atoms with Gasteiger partial charge in [0, 0.05) is 17.8 Å². The number of H-pyrrole nitrogens is 1. The molecule has 4 nitrogen and oxygen atoms in total. The number of halogens is 3. The molecule has 7 heteroatoms. The van der Waals surface area contributed by atoms with Crippen LogP contribution in [0.3, 0.4) is 0 Å². The van der Waals surface area contributed by atoms with E-state index in [1.807, 2.05) is 13.8 Å². The lowest BCUT2D eigenvalue weighted by Crippen LogP contribution is -2.16. The van der Waals surface area contributed by atoms with Gasteiger partial charge in [-0.2, -0.15) is 13.2 Å². The van der Waals surface area contributed by atoms with E-state index in [2.05, 4.69) is 10.1 Å². The topological polar surface area (TPSA) is 50.2 Å². The highest BCUT2D eigenvalue weighted by Crippen LogP contribution is 2.33. The van der Waals surface area contributed by atoms with Gasteiger partial charge in [0.25, 0.3) is 5.56 Å². The summed E-state index contributed by atoms with van der Waals surface area (Å²) in [5.74, 6) is 0.0389. The Hall–Kier alpha value is -2.57. The molecule has 0 aliphatic heterocycles. The van der Waals surface area contributed by atoms with Crippen LogP contribution in [-0.4, -0.2) is 14.6 Å². The predicted molar refractivity (Wildman–Crippen MR) is 80.3 cm³/mol. The SMILES string of the molecule is CC(C)c1cc(=O)n2[nH]cc(-c3cccc(C(F)(F)F)c3)c2n1. The van der Waals surface area contributed by atoms with E-state index in [0.717, 1.165) is 12.1 Å². The maximum atomic E-state index is 12.9. The number of fused-ring (bicyclic) bond motifs is 1. The molecular formula is C16H14F3N3O. The fourth-order valence-corrected chi connectivity index (χ4v) is 2.37. The Morgan fingerprint density at radius 3 is 2.61 bits per heavy atom. The minimum atomic E-state index is -4.42. The summed E-state index contributed by atoms with van der Waals surface area (Å²) in [5.41, 5.74) is 0.694. The molecule has 0 aliphatic rings. The second-order valence-corrected chi connectivity index (χ2v) is 5.60. The van der Waals surface area contributed by atoms with Crippen LogP contribution < -0.4 is 5.56 Å². The summed E-state index contributed by atoms with van der Waals surface area (Å²) in [5, 5.41) is 2.74. The summed E-state index contributed by atoms with van der Waals surface area (Å²) < 4.78 is 39.9. The van der Waals surface area contributed by atoms with Gasteiger partial charge >= 0.3 is 6.18 Å². The fraction of sp³-hybridized carbons (Fsp3) is 0.250. The van der Waals surface area contributed by atoms with Gasteiger partial charge < -0.3 is 0 Å². The van der Waals surface area contributed by atoms with Gasteiger partial charge in [0.15, 0.2) is 5.65 Å². The molecule has 3 rings (SSSR count). The van der Waals surface area contributed by atoms with E-state index in [1.165, 1.54) is 22.8 Å². The Morgan fingerprint density at radius 1 is 1.22 bits per heavy atom. The lowest BCUT2D eigenvalue weighted by Gasteiger charge is -2.08. The first-order chi connectivity index (χ1) is 10.8. The van der Waals surface area contributed by atoms with Crippen molar-refractivity contribution in [1.29, 1.82) is 0 Å². The molecule has 1 aromatic carbocycles. The van der Waals surface area contributed by atoms with Gasteiger partial charge in [-0.1, -0.05) is 26.0 Å². The van der Waals surface area contributed by atoms with Crippen LogP contribution in [0.1, 0.15) is 31.0 Å². The standard InChI is InChI=1S/C16H14F3N3O/c1-9(2)13-7-14(23)22-15(21-13)12(8-20-22)10-4-3-5-11(6-10)16(17,18)19/h3-9,20H,1-2H3. The molecule has 3 aromatic rings. The number of hydrogen-bond acceptors (Lipinski definition) is 2. The third-order valence-electron chi connectivity index (χ3n) is 3.61. The molecule has 0 spiro atoms. The number of nitrogens with zero attached hydrogens (tertiary/aromatic N) is 2. The zero-order valence-electron chi connectivity index (χ0n) is 12.5. The van der Waals surface area contributed by atoms with Crippen molar-refractivity contribution in [2.75, 3.05) is 0 Å². The monoisotopic (exact) mass is 321 g/mol. The van der Waals surface area contributed by atoms with Crippen LogP contribution in [0.15, 0.2) is 41.3 Å². The molecule has 2 aromatic heterocycles. The Bertz CT molecular complexity index is 922. The van der Waals surface area contributed by atoms with E-state index >= 15 is 0 Å². The van der Waals surface area contributed by atoms with Gasteiger partial charge in [-0.15, -0.1) is 0 Å². The van der Waals surface area contributed by atoms with Crippen molar-refractivity contribution in [2.45, 2.75) is 25.9 Å². The Balaban J connectivity index is 2.23. The van der Waals surface area contributed by atoms with Crippen molar-refractivity contribution >= 4 is 5.65 Å². The predicted octanol–water partition coefficient (Wildman–Crippen LogP) is 3.83. The minimum absolute atomic E-state index is 0.0389. The van der Waals surface area contributed by atoms with E-state index < -0.39 is 11.7 Å². The highest BCUT2D eigenvalue weighted by atomic mass is 19.4. The molecule has 120 valence electrons. The normalized spacial score (nSPS) is 12.3. The largest absolute Gasteiger partial charge is 0.416 e. The summed E-state index contributed by atoms with van der Waals surface area (Å²) >= 11 is 0. The highest BCUT2D eigenvalue weighted by molar-refractivity contribution is 5.77. The third kappa shape index (κ3) is 2.74. The molecule has 0 amide bonds. The molecule has 2 heterocycles. The molecule has 0 aliphatic carbocycles. The first kappa shape index (κ1) is 15.3. The van der Waals surface area contributed by atoms with Crippen LogP contribution in [-0.2, 0) is 6.18 Å². The highest BCUT2D eigenvalue weighted by Gasteiger charge is 2.30. The summed E-state index contributed by atoms with van der Waals surface area (Å²) in [4.78, 5) is 16.5. The Morgan fingerprint density at radius 2 is 1.96 bits per heavy atom. The average molecular weight is 321 g/mol. The summed E-state index contributed by atoms with van der Waals surface area (Å²) in [6.07, 6.45) is -2.93. The van der Waals surface area contributed by atoms with Crippen LogP contribution in [0.2, 0.25) is 0 Å². The summed E-state index contributed by atoms with van der Waals surface area (Å²) in [6.45, 7) is 3.80. The third-order valence-corrected chi connectivity index (χ3v) is 3.61. The first-order valence-electron chi connectivity index (χ1n) is 7.06. The summed E-state index contributed by atoms with van der Waals surface area (Å²) in [7, 11) is 0. The molecule has 0 saturated heterocycles. The van der Waals surface area contributed by atoms with Gasteiger partial charge in [0.2, 0.25) is 0 Å². The van der Waals surface area contributed by atoms with Crippen molar-refractivity contribution < 1.29 is 13.2 Å². The van der Waals surface area contributed by atoms with E-state index in [4.69, 9.17) is 0 Å². The van der Waals surface area contributed by atoms with E-state index in [9.17, 15) is 18.0 Å². The van der Waals surface area contributed by atoms with Crippen molar-refractivity contribution in [3.8, 4) is 11.1 Å². The quantitative estimate of drug-likeness (QED) is 0.780. The molecule has 0 saturated carbocycles. The van der Waals surface area contributed by atoms with Gasteiger partial charge in [0.05, 0.1) is 11.3 Å². The van der Waals surface area contributed by atoms with Gasteiger partial charge in [-0.25, -0.2) is 9.50 Å². The second-order valence-electron chi connectivity index (χ2n) is 5.60. The van der Waals surface area contributed by atoms with Crippen LogP contribution in [0.25, 0.3) is 16.8 Å². The van der Waals surface area contributed by atoms with Crippen LogP contribution in [0, 0.1) is 0 Å². The molecule has 0 radical (unpaired) electrons. The van der Waals surface area contributed by atoms with E-state index in [1.54, 1.807) is 6.07 Å². The maximum absolute atomic E-state index is 12.9. The van der Waals surface area contributed by atoms with Crippen LogP contribution in [0.4, 0.5) is 13.2 Å². The minimum Gasteiger partial charge on any atom is -0.296 e. The number of nitrogens with one attached hydrogen (secondary N) is 1. The molecule has 0 fully saturated rings. The summed E-state index contributed by atoms with van der Waals surface area (Å²) in [6, 6.07) is 6.39. The average Bonchev–Trinajstić information content (AvgIpc) is 2.91. The molecule has 23 heavy (non-hydrogen) atoms. The number of benzene rings is 1. The lowest BCUT2D eigenvalue weighted by molar-refractivity contribution is -0.137. The van der Waals surface area contributed by atoms with E-state index in [-0.39, 0.29) is 11.5 Å². The number of hydrogen-bond donors (Lipinski definition) is 1. The molecule has 0 unspecified atom stereocenters.